The van der Waals surface area contributed by atoms with Crippen LogP contribution in [0.3, 0.4) is 0 Å². The van der Waals surface area contributed by atoms with Crippen LogP contribution in [0.1, 0.15) is 24.8 Å². The molecule has 7 heteroatoms. The van der Waals surface area contributed by atoms with E-state index in [1.165, 1.54) is 29.3 Å². The van der Waals surface area contributed by atoms with Crippen LogP contribution in [0.5, 0.6) is 5.75 Å². The highest BCUT2D eigenvalue weighted by molar-refractivity contribution is 7.92. The summed E-state index contributed by atoms with van der Waals surface area (Å²) in [4.78, 5) is 0.190. The van der Waals surface area contributed by atoms with E-state index in [-0.39, 0.29) is 11.4 Å². The zero-order valence-electron chi connectivity index (χ0n) is 17.8. The molecule has 0 atom stereocenters. The fourth-order valence-electron chi connectivity index (χ4n) is 3.42. The lowest BCUT2D eigenvalue weighted by molar-refractivity contribution is 0.305. The van der Waals surface area contributed by atoms with Gasteiger partial charge in [-0.05, 0) is 68.3 Å². The second-order valence-corrected chi connectivity index (χ2v) is 10.1. The average Bonchev–Trinajstić information content (AvgIpc) is 3.63. The first-order valence-corrected chi connectivity index (χ1v) is 12.6. The molecule has 0 bridgehead atoms. The third kappa shape index (κ3) is 5.82. The van der Waals surface area contributed by atoms with Gasteiger partial charge in [-0.1, -0.05) is 48.0 Å². The molecule has 1 saturated carbocycles. The summed E-state index contributed by atoms with van der Waals surface area (Å²) in [5.74, 6) is 0.700. The van der Waals surface area contributed by atoms with Crippen molar-refractivity contribution in [3.63, 3.8) is 0 Å². The number of nitrogens with zero attached hydrogens (tertiary/aromatic N) is 1. The Morgan fingerprint density at radius 1 is 0.938 bits per heavy atom. The Bertz CT molecular complexity index is 1120. The number of ether oxygens (including phenoxy) is 1. The Hall–Kier alpha value is -2.54. The van der Waals surface area contributed by atoms with E-state index in [4.69, 9.17) is 16.3 Å². The Labute approximate surface area is 195 Å². The zero-order valence-corrected chi connectivity index (χ0v) is 19.4. The zero-order chi connectivity index (χ0) is 22.4. The molecule has 0 unspecified atom stereocenters. The molecular weight excluding hydrogens is 444 g/mol. The number of sulfonamides is 1. The third-order valence-corrected chi connectivity index (χ3v) is 7.36. The number of hydrogen-bond donors (Lipinski definition) is 1. The van der Waals surface area contributed by atoms with E-state index < -0.39 is 10.0 Å². The van der Waals surface area contributed by atoms with Crippen molar-refractivity contribution < 1.29 is 13.2 Å². The van der Waals surface area contributed by atoms with Gasteiger partial charge < -0.3 is 10.1 Å². The summed E-state index contributed by atoms with van der Waals surface area (Å²) in [6, 6.07) is 23.6. The Kier molecular flexibility index (Phi) is 7.35. The van der Waals surface area contributed by atoms with Crippen LogP contribution in [0.2, 0.25) is 5.02 Å². The normalized spacial score (nSPS) is 13.7. The highest BCUT2D eigenvalue weighted by atomic mass is 35.5. The predicted octanol–water partition coefficient (Wildman–Crippen LogP) is 5.26. The van der Waals surface area contributed by atoms with Crippen molar-refractivity contribution in [2.24, 2.45) is 0 Å². The Balaban J connectivity index is 1.56. The standard InChI is InChI=1S/C25H27ClN2O3S/c26-21-11-15-24(16-12-21)32(29,30)28(23-8-2-1-3-9-23)19-20-7-4-5-10-25(20)31-18-6-17-27-22-13-14-22/h1-5,7-12,15-16,22,27H,6,13-14,17-19H2. The van der Waals surface area contributed by atoms with Gasteiger partial charge in [0, 0.05) is 16.6 Å². The first-order valence-electron chi connectivity index (χ1n) is 10.8. The van der Waals surface area contributed by atoms with E-state index in [0.717, 1.165) is 18.5 Å². The minimum Gasteiger partial charge on any atom is -0.493 e. The van der Waals surface area contributed by atoms with Gasteiger partial charge in [0.15, 0.2) is 0 Å². The number of halogens is 1. The minimum atomic E-state index is -3.81. The molecule has 0 radical (unpaired) electrons. The molecule has 0 aromatic heterocycles. The van der Waals surface area contributed by atoms with E-state index >= 15 is 0 Å². The van der Waals surface area contributed by atoms with Gasteiger partial charge in [-0.25, -0.2) is 8.42 Å². The molecule has 0 saturated heterocycles. The van der Waals surface area contributed by atoms with Crippen molar-refractivity contribution in [3.05, 3.63) is 89.4 Å². The van der Waals surface area contributed by atoms with E-state index in [0.29, 0.717) is 29.1 Å². The Morgan fingerprint density at radius 2 is 1.62 bits per heavy atom. The molecule has 3 aromatic rings. The number of para-hydroxylation sites is 2. The smallest absolute Gasteiger partial charge is 0.264 e. The minimum absolute atomic E-state index is 0.158. The van der Waals surface area contributed by atoms with Crippen LogP contribution in [0.25, 0.3) is 0 Å². The molecule has 1 N–H and O–H groups in total. The van der Waals surface area contributed by atoms with Crippen LogP contribution in [0.4, 0.5) is 5.69 Å². The molecule has 0 spiro atoms. The maximum absolute atomic E-state index is 13.6. The van der Waals surface area contributed by atoms with Crippen molar-refractivity contribution >= 4 is 27.3 Å². The number of hydrogen-bond acceptors (Lipinski definition) is 4. The van der Waals surface area contributed by atoms with Crippen LogP contribution in [-0.2, 0) is 16.6 Å². The van der Waals surface area contributed by atoms with Gasteiger partial charge in [0.2, 0.25) is 0 Å². The summed E-state index contributed by atoms with van der Waals surface area (Å²) in [6.07, 6.45) is 3.43. The molecule has 1 aliphatic carbocycles. The van der Waals surface area contributed by atoms with Crippen molar-refractivity contribution in [1.29, 1.82) is 0 Å². The molecule has 5 nitrogen and oxygen atoms in total. The SMILES string of the molecule is O=S(=O)(c1ccc(Cl)cc1)N(Cc1ccccc1OCCCNC1CC1)c1ccccc1. The molecule has 4 rings (SSSR count). The van der Waals surface area contributed by atoms with Gasteiger partial charge in [0.05, 0.1) is 23.7 Å². The number of benzene rings is 3. The highest BCUT2D eigenvalue weighted by Gasteiger charge is 2.26. The average molecular weight is 471 g/mol. The van der Waals surface area contributed by atoms with E-state index in [2.05, 4.69) is 5.32 Å². The van der Waals surface area contributed by atoms with Crippen molar-refractivity contribution in [2.75, 3.05) is 17.5 Å². The number of anilines is 1. The van der Waals surface area contributed by atoms with Crippen molar-refractivity contribution in [3.8, 4) is 5.75 Å². The lowest BCUT2D eigenvalue weighted by Gasteiger charge is -2.25. The topological polar surface area (TPSA) is 58.6 Å². The van der Waals surface area contributed by atoms with Crippen molar-refractivity contribution in [1.82, 2.24) is 5.32 Å². The van der Waals surface area contributed by atoms with Crippen LogP contribution < -0.4 is 14.4 Å². The van der Waals surface area contributed by atoms with Gasteiger partial charge in [0.1, 0.15) is 5.75 Å². The fourth-order valence-corrected chi connectivity index (χ4v) is 4.99. The first kappa shape index (κ1) is 22.6. The summed E-state index contributed by atoms with van der Waals surface area (Å²) in [6.45, 7) is 1.66. The quantitative estimate of drug-likeness (QED) is 0.388. The lowest BCUT2D eigenvalue weighted by Crippen LogP contribution is -2.30. The number of rotatable bonds is 11. The monoisotopic (exact) mass is 470 g/mol. The van der Waals surface area contributed by atoms with Gasteiger partial charge in [-0.15, -0.1) is 0 Å². The van der Waals surface area contributed by atoms with E-state index in [1.807, 2.05) is 42.5 Å². The molecule has 1 fully saturated rings. The van der Waals surface area contributed by atoms with Gasteiger partial charge >= 0.3 is 0 Å². The fraction of sp³-hybridized carbons (Fsp3) is 0.280. The summed E-state index contributed by atoms with van der Waals surface area (Å²) in [5.41, 5.74) is 1.40. The largest absolute Gasteiger partial charge is 0.493 e. The molecule has 168 valence electrons. The third-order valence-electron chi connectivity index (χ3n) is 5.32. The van der Waals surface area contributed by atoms with E-state index in [9.17, 15) is 8.42 Å². The molecule has 1 aliphatic rings. The Morgan fingerprint density at radius 3 is 2.34 bits per heavy atom. The maximum atomic E-state index is 13.6. The van der Waals surface area contributed by atoms with Crippen LogP contribution >= 0.6 is 11.6 Å². The van der Waals surface area contributed by atoms with Crippen molar-refractivity contribution in [2.45, 2.75) is 36.7 Å². The molecular formula is C25H27ClN2O3S. The number of nitrogens with one attached hydrogen (secondary N) is 1. The lowest BCUT2D eigenvalue weighted by atomic mass is 10.2. The second-order valence-electron chi connectivity index (χ2n) is 7.84. The molecule has 0 amide bonds. The molecule has 0 heterocycles. The van der Waals surface area contributed by atoms with Gasteiger partial charge in [0.25, 0.3) is 10.0 Å². The highest BCUT2D eigenvalue weighted by Crippen LogP contribution is 2.29. The second kappa shape index (κ2) is 10.4. The molecule has 0 aliphatic heterocycles. The maximum Gasteiger partial charge on any atom is 0.264 e. The van der Waals surface area contributed by atoms with Gasteiger partial charge in [-0.2, -0.15) is 0 Å². The summed E-state index contributed by atoms with van der Waals surface area (Å²) in [5, 5.41) is 3.97. The molecule has 3 aromatic carbocycles. The van der Waals surface area contributed by atoms with Gasteiger partial charge in [-0.3, -0.25) is 4.31 Å². The van der Waals surface area contributed by atoms with Crippen LogP contribution in [-0.4, -0.2) is 27.6 Å². The predicted molar refractivity (Wildman–Crippen MR) is 129 cm³/mol. The van der Waals surface area contributed by atoms with Crippen LogP contribution in [0.15, 0.2) is 83.8 Å². The summed E-state index contributed by atoms with van der Waals surface area (Å²) >= 11 is 5.97. The van der Waals surface area contributed by atoms with Crippen LogP contribution in [0, 0.1) is 0 Å². The first-order chi connectivity index (χ1) is 15.5. The molecule has 32 heavy (non-hydrogen) atoms. The summed E-state index contributed by atoms with van der Waals surface area (Å²) < 4.78 is 34.6. The van der Waals surface area contributed by atoms with E-state index in [1.54, 1.807) is 24.3 Å². The summed E-state index contributed by atoms with van der Waals surface area (Å²) in [7, 11) is -3.81.